The van der Waals surface area contributed by atoms with E-state index in [9.17, 15) is 13.6 Å². The van der Waals surface area contributed by atoms with Gasteiger partial charge in [0.1, 0.15) is 17.3 Å². The number of nitrogens with zero attached hydrogens (tertiary/aromatic N) is 2. The van der Waals surface area contributed by atoms with E-state index in [1.165, 1.54) is 18.2 Å². The molecule has 0 N–H and O–H groups in total. The van der Waals surface area contributed by atoms with Gasteiger partial charge in [-0.25, -0.2) is 8.78 Å². The Morgan fingerprint density at radius 1 is 0.958 bits per heavy atom. The molecule has 2 aromatic carbocycles. The Bertz CT molecular complexity index is 708. The standard InChI is InChI=1S/C18H17ClF2N2O/c19-14-6-4-13(5-7-14)12-17(24)22-8-10-23(11-9-22)18-15(20)2-1-3-16(18)21/h1-7H,8-12H2. The van der Waals surface area contributed by atoms with Crippen LogP contribution in [0, 0.1) is 11.6 Å². The van der Waals surface area contributed by atoms with Crippen LogP contribution in [0.15, 0.2) is 42.5 Å². The average Bonchev–Trinajstić information content (AvgIpc) is 2.57. The summed E-state index contributed by atoms with van der Waals surface area (Å²) in [4.78, 5) is 15.7. The molecule has 0 aromatic heterocycles. The number of para-hydroxylation sites is 1. The van der Waals surface area contributed by atoms with Crippen LogP contribution in [0.3, 0.4) is 0 Å². The monoisotopic (exact) mass is 350 g/mol. The molecule has 126 valence electrons. The zero-order chi connectivity index (χ0) is 17.1. The highest BCUT2D eigenvalue weighted by Crippen LogP contribution is 2.24. The average molecular weight is 351 g/mol. The summed E-state index contributed by atoms with van der Waals surface area (Å²) < 4.78 is 27.7. The molecule has 2 aromatic rings. The summed E-state index contributed by atoms with van der Waals surface area (Å²) in [5.41, 5.74) is 0.884. The minimum absolute atomic E-state index is 0.00554. The van der Waals surface area contributed by atoms with E-state index in [2.05, 4.69) is 0 Å². The third-order valence-electron chi connectivity index (χ3n) is 4.15. The van der Waals surface area contributed by atoms with Crippen molar-refractivity contribution in [3.8, 4) is 0 Å². The van der Waals surface area contributed by atoms with Crippen molar-refractivity contribution in [2.45, 2.75) is 6.42 Å². The van der Waals surface area contributed by atoms with Gasteiger partial charge in [0, 0.05) is 31.2 Å². The molecule has 1 fully saturated rings. The zero-order valence-electron chi connectivity index (χ0n) is 13.0. The molecule has 0 bridgehead atoms. The Morgan fingerprint density at radius 3 is 2.12 bits per heavy atom. The minimum atomic E-state index is -0.573. The van der Waals surface area contributed by atoms with Gasteiger partial charge >= 0.3 is 0 Å². The highest BCUT2D eigenvalue weighted by Gasteiger charge is 2.24. The molecule has 1 heterocycles. The Labute approximate surface area is 144 Å². The van der Waals surface area contributed by atoms with Gasteiger partial charge in [0.2, 0.25) is 5.91 Å². The van der Waals surface area contributed by atoms with E-state index in [1.807, 2.05) is 12.1 Å². The van der Waals surface area contributed by atoms with E-state index < -0.39 is 11.6 Å². The first-order valence-corrected chi connectivity index (χ1v) is 8.13. The van der Waals surface area contributed by atoms with Crippen LogP contribution in [-0.4, -0.2) is 37.0 Å². The first-order valence-electron chi connectivity index (χ1n) is 7.76. The molecule has 1 saturated heterocycles. The maximum atomic E-state index is 13.8. The quantitative estimate of drug-likeness (QED) is 0.845. The lowest BCUT2D eigenvalue weighted by molar-refractivity contribution is -0.130. The lowest BCUT2D eigenvalue weighted by Gasteiger charge is -2.36. The molecule has 1 aliphatic rings. The van der Waals surface area contributed by atoms with Crippen molar-refractivity contribution in [3.63, 3.8) is 0 Å². The van der Waals surface area contributed by atoms with Crippen molar-refractivity contribution in [1.82, 2.24) is 4.90 Å². The molecule has 6 heteroatoms. The fraction of sp³-hybridized carbons (Fsp3) is 0.278. The number of rotatable bonds is 3. The van der Waals surface area contributed by atoms with E-state index in [-0.39, 0.29) is 11.6 Å². The van der Waals surface area contributed by atoms with Crippen molar-refractivity contribution in [2.24, 2.45) is 0 Å². The van der Waals surface area contributed by atoms with Crippen molar-refractivity contribution in [3.05, 3.63) is 64.7 Å². The molecule has 24 heavy (non-hydrogen) atoms. The van der Waals surface area contributed by atoms with Gasteiger partial charge in [-0.15, -0.1) is 0 Å². The summed E-state index contributed by atoms with van der Waals surface area (Å²) >= 11 is 5.83. The summed E-state index contributed by atoms with van der Waals surface area (Å²) in [6, 6.07) is 11.0. The van der Waals surface area contributed by atoms with Gasteiger partial charge in [-0.3, -0.25) is 4.79 Å². The Morgan fingerprint density at radius 2 is 1.54 bits per heavy atom. The number of hydrogen-bond acceptors (Lipinski definition) is 2. The molecule has 0 saturated carbocycles. The van der Waals surface area contributed by atoms with Crippen molar-refractivity contribution >= 4 is 23.2 Å². The molecule has 1 amide bonds. The molecule has 0 radical (unpaired) electrons. The van der Waals surface area contributed by atoms with Crippen LogP contribution in [0.2, 0.25) is 5.02 Å². The van der Waals surface area contributed by atoms with Crippen LogP contribution in [-0.2, 0) is 11.2 Å². The topological polar surface area (TPSA) is 23.6 Å². The second-order valence-electron chi connectivity index (χ2n) is 5.74. The van der Waals surface area contributed by atoms with Crippen LogP contribution in [0.25, 0.3) is 0 Å². The predicted molar refractivity (Wildman–Crippen MR) is 90.3 cm³/mol. The summed E-state index contributed by atoms with van der Waals surface area (Å²) in [5, 5.41) is 0.631. The summed E-state index contributed by atoms with van der Waals surface area (Å²) in [6.45, 7) is 1.70. The van der Waals surface area contributed by atoms with Crippen LogP contribution < -0.4 is 4.90 Å². The van der Waals surface area contributed by atoms with E-state index in [4.69, 9.17) is 11.6 Å². The second kappa shape index (κ2) is 7.18. The van der Waals surface area contributed by atoms with E-state index in [0.29, 0.717) is 37.6 Å². The molecule has 1 aliphatic heterocycles. The molecule has 3 nitrogen and oxygen atoms in total. The zero-order valence-corrected chi connectivity index (χ0v) is 13.8. The molecule has 3 rings (SSSR count). The smallest absolute Gasteiger partial charge is 0.227 e. The minimum Gasteiger partial charge on any atom is -0.363 e. The number of piperazine rings is 1. The lowest BCUT2D eigenvalue weighted by atomic mass is 10.1. The largest absolute Gasteiger partial charge is 0.363 e. The number of anilines is 1. The normalized spacial score (nSPS) is 14.8. The van der Waals surface area contributed by atoms with Gasteiger partial charge < -0.3 is 9.80 Å². The molecular weight excluding hydrogens is 334 g/mol. The summed E-state index contributed by atoms with van der Waals surface area (Å²) in [6.07, 6.45) is 0.297. The van der Waals surface area contributed by atoms with Crippen LogP contribution in [0.5, 0.6) is 0 Å². The summed E-state index contributed by atoms with van der Waals surface area (Å²) in [5.74, 6) is -1.14. The highest BCUT2D eigenvalue weighted by atomic mass is 35.5. The van der Waals surface area contributed by atoms with Crippen LogP contribution >= 0.6 is 11.6 Å². The van der Waals surface area contributed by atoms with E-state index in [1.54, 1.807) is 21.9 Å². The van der Waals surface area contributed by atoms with Crippen molar-refractivity contribution in [2.75, 3.05) is 31.1 Å². The highest BCUT2D eigenvalue weighted by molar-refractivity contribution is 6.30. The molecule has 0 unspecified atom stereocenters. The molecular formula is C18H17ClF2N2O. The second-order valence-corrected chi connectivity index (χ2v) is 6.18. The fourth-order valence-corrected chi connectivity index (χ4v) is 2.99. The number of amides is 1. The third kappa shape index (κ3) is 3.67. The van der Waals surface area contributed by atoms with Crippen LogP contribution in [0.4, 0.5) is 14.5 Å². The van der Waals surface area contributed by atoms with Gasteiger partial charge in [0.15, 0.2) is 0 Å². The van der Waals surface area contributed by atoms with Crippen LogP contribution in [0.1, 0.15) is 5.56 Å². The van der Waals surface area contributed by atoms with Gasteiger partial charge in [-0.2, -0.15) is 0 Å². The number of carbonyl (C=O) groups is 1. The number of halogens is 3. The summed E-state index contributed by atoms with van der Waals surface area (Å²) in [7, 11) is 0. The van der Waals surface area contributed by atoms with Gasteiger partial charge in [0.25, 0.3) is 0 Å². The maximum absolute atomic E-state index is 13.8. The number of carbonyl (C=O) groups excluding carboxylic acids is 1. The predicted octanol–water partition coefficient (Wildman–Crippen LogP) is 3.51. The SMILES string of the molecule is O=C(Cc1ccc(Cl)cc1)N1CCN(c2c(F)cccc2F)CC1. The first kappa shape index (κ1) is 16.7. The van der Waals surface area contributed by atoms with E-state index in [0.717, 1.165) is 5.56 Å². The molecule has 0 spiro atoms. The van der Waals surface area contributed by atoms with Crippen molar-refractivity contribution in [1.29, 1.82) is 0 Å². The van der Waals surface area contributed by atoms with Gasteiger partial charge in [-0.1, -0.05) is 29.8 Å². The maximum Gasteiger partial charge on any atom is 0.227 e. The number of benzene rings is 2. The van der Waals surface area contributed by atoms with Crippen molar-refractivity contribution < 1.29 is 13.6 Å². The van der Waals surface area contributed by atoms with E-state index >= 15 is 0 Å². The van der Waals surface area contributed by atoms with Gasteiger partial charge in [-0.05, 0) is 29.8 Å². The van der Waals surface area contributed by atoms with Gasteiger partial charge in [0.05, 0.1) is 6.42 Å². The fourth-order valence-electron chi connectivity index (χ4n) is 2.86. The lowest BCUT2D eigenvalue weighted by Crippen LogP contribution is -2.49. The third-order valence-corrected chi connectivity index (χ3v) is 4.41. The Balaban J connectivity index is 1.60. The first-order chi connectivity index (χ1) is 11.5. The number of hydrogen-bond donors (Lipinski definition) is 0. The Kier molecular flexibility index (Phi) is 5.00. The molecule has 0 atom stereocenters. The Hall–Kier alpha value is -2.14. The molecule has 0 aliphatic carbocycles.